The van der Waals surface area contributed by atoms with Crippen LogP contribution in [0, 0.1) is 0 Å². The lowest BCUT2D eigenvalue weighted by atomic mass is 10.1. The van der Waals surface area contributed by atoms with Crippen LogP contribution in [0.1, 0.15) is 19.5 Å². The van der Waals surface area contributed by atoms with Gasteiger partial charge in [0.15, 0.2) is 0 Å². The van der Waals surface area contributed by atoms with E-state index in [1.54, 1.807) is 6.07 Å². The molecule has 0 aliphatic rings. The molecule has 3 nitrogen and oxygen atoms in total. The van der Waals surface area contributed by atoms with E-state index in [0.717, 1.165) is 0 Å². The van der Waals surface area contributed by atoms with Crippen LogP contribution in [-0.4, -0.2) is 21.5 Å². The van der Waals surface area contributed by atoms with Gasteiger partial charge in [-0.15, -0.1) is 0 Å². The first kappa shape index (κ1) is 9.19. The maximum absolute atomic E-state index is 13.4. The smallest absolute Gasteiger partial charge is 0.146 e. The van der Waals surface area contributed by atoms with Crippen LogP contribution in [0.2, 0.25) is 0 Å². The molecule has 0 bridgehead atoms. The van der Waals surface area contributed by atoms with Crippen molar-refractivity contribution in [1.29, 1.82) is 0 Å². The molecule has 0 aromatic carbocycles. The molecule has 1 aromatic heterocycles. The van der Waals surface area contributed by atoms with Crippen LogP contribution in [0.4, 0.5) is 4.39 Å². The summed E-state index contributed by atoms with van der Waals surface area (Å²) in [5, 5.41) is 12.5. The fourth-order valence-corrected chi connectivity index (χ4v) is 1.11. The Morgan fingerprint density at radius 1 is 1.67 bits per heavy atom. The summed E-state index contributed by atoms with van der Waals surface area (Å²) in [6.07, 6.45) is 1.53. The zero-order valence-corrected chi connectivity index (χ0v) is 7.29. The third kappa shape index (κ3) is 1.82. The number of nitrogens with zero attached hydrogens (tertiary/aromatic N) is 2. The molecule has 0 amide bonds. The molecule has 0 radical (unpaired) electrons. The van der Waals surface area contributed by atoms with Crippen LogP contribution in [0.25, 0.3) is 0 Å². The predicted molar refractivity (Wildman–Crippen MR) is 43.4 cm³/mol. The summed E-state index contributed by atoms with van der Waals surface area (Å²) in [6.45, 7) is 3.26. The molecule has 0 saturated heterocycles. The molecule has 0 atom stereocenters. The Morgan fingerprint density at radius 2 is 2.33 bits per heavy atom. The highest BCUT2D eigenvalue weighted by atomic mass is 19.1. The van der Waals surface area contributed by atoms with Crippen molar-refractivity contribution in [2.24, 2.45) is 0 Å². The second kappa shape index (κ2) is 3.23. The van der Waals surface area contributed by atoms with Gasteiger partial charge < -0.3 is 5.11 Å². The third-order valence-corrected chi connectivity index (χ3v) is 1.64. The van der Waals surface area contributed by atoms with Crippen LogP contribution in [0.3, 0.4) is 0 Å². The van der Waals surface area contributed by atoms with Crippen molar-refractivity contribution in [3.05, 3.63) is 18.0 Å². The molecule has 0 fully saturated rings. The van der Waals surface area contributed by atoms with E-state index in [4.69, 9.17) is 5.11 Å². The topological polar surface area (TPSA) is 38.0 Å². The van der Waals surface area contributed by atoms with Gasteiger partial charge in [0.05, 0.1) is 18.8 Å². The molecular formula is C8H13FN2O. The molecule has 0 aliphatic heterocycles. The van der Waals surface area contributed by atoms with Gasteiger partial charge in [-0.3, -0.25) is 4.68 Å². The Hall–Kier alpha value is -0.900. The molecule has 0 saturated carbocycles. The third-order valence-electron chi connectivity index (χ3n) is 1.64. The first-order valence-corrected chi connectivity index (χ1v) is 3.88. The summed E-state index contributed by atoms with van der Waals surface area (Å²) < 4.78 is 14.9. The number of hydrogen-bond acceptors (Lipinski definition) is 2. The van der Waals surface area contributed by atoms with Crippen LogP contribution in [-0.2, 0) is 12.2 Å². The number of halogens is 1. The van der Waals surface area contributed by atoms with E-state index in [1.807, 2.05) is 0 Å². The highest BCUT2D eigenvalue weighted by molar-refractivity contribution is 5.09. The monoisotopic (exact) mass is 172 g/mol. The summed E-state index contributed by atoms with van der Waals surface area (Å²) >= 11 is 0. The molecular weight excluding hydrogens is 159 g/mol. The molecule has 68 valence electrons. The van der Waals surface area contributed by atoms with E-state index < -0.39 is 5.67 Å². The van der Waals surface area contributed by atoms with E-state index in [9.17, 15) is 4.39 Å². The minimum Gasteiger partial charge on any atom is -0.394 e. The Kier molecular flexibility index (Phi) is 2.47. The summed E-state index contributed by atoms with van der Waals surface area (Å²) in [4.78, 5) is 0. The van der Waals surface area contributed by atoms with Gasteiger partial charge in [0.2, 0.25) is 0 Å². The minimum absolute atomic E-state index is 0.0231. The summed E-state index contributed by atoms with van der Waals surface area (Å²) in [5.74, 6) is 0. The van der Waals surface area contributed by atoms with Crippen LogP contribution < -0.4 is 0 Å². The van der Waals surface area contributed by atoms with Crippen molar-refractivity contribution in [1.82, 2.24) is 9.78 Å². The quantitative estimate of drug-likeness (QED) is 0.740. The van der Waals surface area contributed by atoms with Crippen LogP contribution >= 0.6 is 0 Å². The average Bonchev–Trinajstić information content (AvgIpc) is 2.34. The lowest BCUT2D eigenvalue weighted by Crippen LogP contribution is -2.18. The highest BCUT2D eigenvalue weighted by Gasteiger charge is 2.22. The molecule has 1 aromatic rings. The van der Waals surface area contributed by atoms with Crippen molar-refractivity contribution in [3.8, 4) is 0 Å². The number of aliphatic hydroxyl groups is 1. The van der Waals surface area contributed by atoms with Gasteiger partial charge in [-0.2, -0.15) is 5.10 Å². The standard InChI is InChI=1S/C8H13FN2O/c1-8(2,9)7-3-4-10-11(7)5-6-12/h3-4,12H,5-6H2,1-2H3. The van der Waals surface area contributed by atoms with E-state index in [-0.39, 0.29) is 6.61 Å². The molecule has 1 heterocycles. The molecule has 0 spiro atoms. The lowest BCUT2D eigenvalue weighted by molar-refractivity contribution is 0.194. The Morgan fingerprint density at radius 3 is 2.83 bits per heavy atom. The van der Waals surface area contributed by atoms with Crippen LogP contribution in [0.5, 0.6) is 0 Å². The van der Waals surface area contributed by atoms with Crippen LogP contribution in [0.15, 0.2) is 12.3 Å². The first-order valence-electron chi connectivity index (χ1n) is 3.88. The maximum Gasteiger partial charge on any atom is 0.146 e. The zero-order chi connectivity index (χ0) is 9.19. The summed E-state index contributed by atoms with van der Waals surface area (Å²) in [6, 6.07) is 1.62. The van der Waals surface area contributed by atoms with Crippen molar-refractivity contribution in [2.75, 3.05) is 6.61 Å². The average molecular weight is 172 g/mol. The van der Waals surface area contributed by atoms with E-state index in [0.29, 0.717) is 12.2 Å². The predicted octanol–water partition coefficient (Wildman–Crippen LogP) is 1.08. The number of aliphatic hydroxyl groups excluding tert-OH is 1. The first-order chi connectivity index (χ1) is 5.55. The Bertz CT molecular complexity index is 252. The second-order valence-electron chi connectivity index (χ2n) is 3.14. The minimum atomic E-state index is -1.40. The van der Waals surface area contributed by atoms with E-state index in [1.165, 1.54) is 24.7 Å². The van der Waals surface area contributed by atoms with Gasteiger partial charge in [-0.1, -0.05) is 0 Å². The largest absolute Gasteiger partial charge is 0.394 e. The Labute approximate surface area is 70.8 Å². The van der Waals surface area contributed by atoms with Crippen molar-refractivity contribution < 1.29 is 9.50 Å². The number of hydrogen-bond donors (Lipinski definition) is 1. The van der Waals surface area contributed by atoms with Gasteiger partial charge in [0.25, 0.3) is 0 Å². The summed E-state index contributed by atoms with van der Waals surface area (Å²) in [7, 11) is 0. The van der Waals surface area contributed by atoms with Gasteiger partial charge in [0, 0.05) is 6.20 Å². The maximum atomic E-state index is 13.4. The molecule has 0 unspecified atom stereocenters. The van der Waals surface area contributed by atoms with Gasteiger partial charge in [-0.25, -0.2) is 4.39 Å². The number of aromatic nitrogens is 2. The molecule has 4 heteroatoms. The highest BCUT2D eigenvalue weighted by Crippen LogP contribution is 2.23. The number of rotatable bonds is 3. The Balaban J connectivity index is 2.91. The summed E-state index contributed by atoms with van der Waals surface area (Å²) in [5.41, 5.74) is -0.900. The fourth-order valence-electron chi connectivity index (χ4n) is 1.11. The fraction of sp³-hybridized carbons (Fsp3) is 0.625. The van der Waals surface area contributed by atoms with E-state index in [2.05, 4.69) is 5.10 Å². The SMILES string of the molecule is CC(C)(F)c1ccnn1CCO. The molecule has 1 N–H and O–H groups in total. The van der Waals surface area contributed by atoms with Crippen molar-refractivity contribution in [3.63, 3.8) is 0 Å². The van der Waals surface area contributed by atoms with Gasteiger partial charge in [-0.05, 0) is 19.9 Å². The van der Waals surface area contributed by atoms with Gasteiger partial charge >= 0.3 is 0 Å². The lowest BCUT2D eigenvalue weighted by Gasteiger charge is -2.15. The van der Waals surface area contributed by atoms with E-state index >= 15 is 0 Å². The van der Waals surface area contributed by atoms with Crippen molar-refractivity contribution in [2.45, 2.75) is 26.1 Å². The normalized spacial score (nSPS) is 12.0. The van der Waals surface area contributed by atoms with Gasteiger partial charge in [0.1, 0.15) is 5.67 Å². The molecule has 1 rings (SSSR count). The molecule has 12 heavy (non-hydrogen) atoms. The number of alkyl halides is 1. The van der Waals surface area contributed by atoms with Crippen molar-refractivity contribution >= 4 is 0 Å². The second-order valence-corrected chi connectivity index (χ2v) is 3.14. The zero-order valence-electron chi connectivity index (χ0n) is 7.29. The molecule has 0 aliphatic carbocycles.